The van der Waals surface area contributed by atoms with E-state index in [2.05, 4.69) is 5.32 Å². The topological polar surface area (TPSA) is 69.6 Å². The molecule has 0 saturated carbocycles. The van der Waals surface area contributed by atoms with E-state index in [1.807, 2.05) is 0 Å². The highest BCUT2D eigenvalue weighted by Gasteiger charge is 2.27. The van der Waals surface area contributed by atoms with Crippen LogP contribution in [0.5, 0.6) is 0 Å². The molecule has 1 amide bonds. The zero-order chi connectivity index (χ0) is 11.3. The summed E-state index contributed by atoms with van der Waals surface area (Å²) in [5, 5.41) is 11.6. The molecule has 1 aliphatic heterocycles. The Balaban J connectivity index is 2.61. The Kier molecular flexibility index (Phi) is 4.55. The molecule has 0 aliphatic carbocycles. The van der Waals surface area contributed by atoms with Crippen molar-refractivity contribution in [2.75, 3.05) is 20.1 Å². The van der Waals surface area contributed by atoms with Crippen molar-refractivity contribution in [1.29, 1.82) is 0 Å². The van der Waals surface area contributed by atoms with Crippen LogP contribution >= 0.6 is 0 Å². The summed E-state index contributed by atoms with van der Waals surface area (Å²) in [6, 6.07) is -0.496. The van der Waals surface area contributed by atoms with E-state index in [-0.39, 0.29) is 12.5 Å². The molecule has 1 saturated heterocycles. The standard InChI is InChI=1S/C10H18N2O3/c1-11-9(13)7-12-6-4-2-3-5-8(12)10(14)15/h8H,2-7H2,1H3,(H,11,13)(H,14,15). The van der Waals surface area contributed by atoms with Crippen LogP contribution in [-0.4, -0.2) is 48.1 Å². The summed E-state index contributed by atoms with van der Waals surface area (Å²) < 4.78 is 0. The molecule has 15 heavy (non-hydrogen) atoms. The van der Waals surface area contributed by atoms with E-state index in [1.165, 1.54) is 0 Å². The number of hydrogen-bond donors (Lipinski definition) is 2. The summed E-state index contributed by atoms with van der Waals surface area (Å²) in [5.74, 6) is -0.941. The minimum atomic E-state index is -0.819. The van der Waals surface area contributed by atoms with E-state index < -0.39 is 12.0 Å². The second-order valence-electron chi connectivity index (χ2n) is 3.85. The molecule has 1 atom stereocenters. The predicted octanol–water partition coefficient (Wildman–Crippen LogP) is 0.0616. The molecule has 1 unspecified atom stereocenters. The first-order valence-electron chi connectivity index (χ1n) is 5.32. The van der Waals surface area contributed by atoms with Gasteiger partial charge in [0.15, 0.2) is 0 Å². The Hall–Kier alpha value is -1.10. The zero-order valence-corrected chi connectivity index (χ0v) is 9.03. The maximum Gasteiger partial charge on any atom is 0.320 e. The lowest BCUT2D eigenvalue weighted by molar-refractivity contribution is -0.143. The number of likely N-dealkylation sites (tertiary alicyclic amines) is 1. The highest BCUT2D eigenvalue weighted by molar-refractivity contribution is 5.79. The monoisotopic (exact) mass is 214 g/mol. The molecule has 86 valence electrons. The molecule has 5 nitrogen and oxygen atoms in total. The molecule has 0 aromatic carbocycles. The highest BCUT2D eigenvalue weighted by Crippen LogP contribution is 2.16. The van der Waals surface area contributed by atoms with Gasteiger partial charge in [-0.05, 0) is 19.4 Å². The third kappa shape index (κ3) is 3.51. The van der Waals surface area contributed by atoms with E-state index in [0.717, 1.165) is 19.3 Å². The summed E-state index contributed by atoms with van der Waals surface area (Å²) in [7, 11) is 1.57. The van der Waals surface area contributed by atoms with Crippen molar-refractivity contribution in [1.82, 2.24) is 10.2 Å². The Morgan fingerprint density at radius 3 is 2.73 bits per heavy atom. The average Bonchev–Trinajstić information content (AvgIpc) is 2.43. The van der Waals surface area contributed by atoms with Crippen LogP contribution in [0.4, 0.5) is 0 Å². The van der Waals surface area contributed by atoms with Gasteiger partial charge in [-0.3, -0.25) is 14.5 Å². The van der Waals surface area contributed by atoms with Crippen LogP contribution in [-0.2, 0) is 9.59 Å². The van der Waals surface area contributed by atoms with Gasteiger partial charge >= 0.3 is 5.97 Å². The molecule has 1 aliphatic rings. The number of carbonyl (C=O) groups excluding carboxylic acids is 1. The smallest absolute Gasteiger partial charge is 0.320 e. The number of amides is 1. The van der Waals surface area contributed by atoms with Gasteiger partial charge in [0.05, 0.1) is 6.54 Å². The van der Waals surface area contributed by atoms with Gasteiger partial charge < -0.3 is 10.4 Å². The highest BCUT2D eigenvalue weighted by atomic mass is 16.4. The first kappa shape index (κ1) is 12.0. The Morgan fingerprint density at radius 2 is 2.13 bits per heavy atom. The molecular weight excluding hydrogens is 196 g/mol. The number of hydrogen-bond acceptors (Lipinski definition) is 3. The Labute approximate surface area is 89.4 Å². The molecule has 1 rings (SSSR count). The van der Waals surface area contributed by atoms with Gasteiger partial charge in [0.25, 0.3) is 0 Å². The SMILES string of the molecule is CNC(=O)CN1CCCCCC1C(=O)O. The van der Waals surface area contributed by atoms with Gasteiger partial charge in [0, 0.05) is 7.05 Å². The van der Waals surface area contributed by atoms with Gasteiger partial charge in [0.1, 0.15) is 6.04 Å². The van der Waals surface area contributed by atoms with Crippen LogP contribution in [0.15, 0.2) is 0 Å². The quantitative estimate of drug-likeness (QED) is 0.697. The number of carboxylic acid groups (broad SMARTS) is 1. The van der Waals surface area contributed by atoms with Crippen LogP contribution in [0.2, 0.25) is 0 Å². The summed E-state index contributed by atoms with van der Waals surface area (Å²) >= 11 is 0. The molecule has 0 bridgehead atoms. The maximum absolute atomic E-state index is 11.2. The van der Waals surface area contributed by atoms with E-state index in [4.69, 9.17) is 5.11 Å². The summed E-state index contributed by atoms with van der Waals surface area (Å²) in [5.41, 5.74) is 0. The van der Waals surface area contributed by atoms with Crippen LogP contribution in [0.1, 0.15) is 25.7 Å². The fourth-order valence-corrected chi connectivity index (χ4v) is 1.90. The van der Waals surface area contributed by atoms with Crippen molar-refractivity contribution in [3.63, 3.8) is 0 Å². The van der Waals surface area contributed by atoms with Gasteiger partial charge in [0.2, 0.25) is 5.91 Å². The Bertz CT molecular complexity index is 243. The second-order valence-corrected chi connectivity index (χ2v) is 3.85. The van der Waals surface area contributed by atoms with Crippen LogP contribution < -0.4 is 5.32 Å². The van der Waals surface area contributed by atoms with E-state index >= 15 is 0 Å². The zero-order valence-electron chi connectivity index (χ0n) is 9.03. The normalized spacial score (nSPS) is 23.1. The maximum atomic E-state index is 11.2. The molecule has 5 heteroatoms. The second kappa shape index (κ2) is 5.70. The predicted molar refractivity (Wildman–Crippen MR) is 55.5 cm³/mol. The molecule has 0 radical (unpaired) electrons. The number of nitrogens with zero attached hydrogens (tertiary/aromatic N) is 1. The van der Waals surface area contributed by atoms with E-state index in [1.54, 1.807) is 11.9 Å². The van der Waals surface area contributed by atoms with Crippen molar-refractivity contribution in [3.05, 3.63) is 0 Å². The molecule has 0 aromatic heterocycles. The minimum Gasteiger partial charge on any atom is -0.480 e. The fraction of sp³-hybridized carbons (Fsp3) is 0.800. The van der Waals surface area contributed by atoms with Crippen LogP contribution in [0.3, 0.4) is 0 Å². The third-order valence-corrected chi connectivity index (χ3v) is 2.77. The van der Waals surface area contributed by atoms with Crippen LogP contribution in [0.25, 0.3) is 0 Å². The van der Waals surface area contributed by atoms with Crippen molar-refractivity contribution >= 4 is 11.9 Å². The third-order valence-electron chi connectivity index (χ3n) is 2.77. The average molecular weight is 214 g/mol. The summed E-state index contributed by atoms with van der Waals surface area (Å²) in [4.78, 5) is 24.0. The van der Waals surface area contributed by atoms with Crippen molar-refractivity contribution in [2.45, 2.75) is 31.7 Å². The van der Waals surface area contributed by atoms with E-state index in [0.29, 0.717) is 13.0 Å². The van der Waals surface area contributed by atoms with Crippen molar-refractivity contribution < 1.29 is 14.7 Å². The molecule has 0 spiro atoms. The van der Waals surface area contributed by atoms with Crippen LogP contribution in [0, 0.1) is 0 Å². The van der Waals surface area contributed by atoms with Gasteiger partial charge in [-0.2, -0.15) is 0 Å². The fourth-order valence-electron chi connectivity index (χ4n) is 1.90. The number of carboxylic acids is 1. The number of carbonyl (C=O) groups is 2. The largest absolute Gasteiger partial charge is 0.480 e. The lowest BCUT2D eigenvalue weighted by Crippen LogP contribution is -2.45. The molecule has 0 aromatic rings. The minimum absolute atomic E-state index is 0.122. The summed E-state index contributed by atoms with van der Waals surface area (Å²) in [6.07, 6.45) is 3.60. The molecule has 2 N–H and O–H groups in total. The number of aliphatic carboxylic acids is 1. The lowest BCUT2D eigenvalue weighted by Gasteiger charge is -2.25. The summed E-state index contributed by atoms with van der Waals surface area (Å²) in [6.45, 7) is 0.887. The van der Waals surface area contributed by atoms with Crippen molar-refractivity contribution in [2.24, 2.45) is 0 Å². The first-order valence-corrected chi connectivity index (χ1v) is 5.32. The van der Waals surface area contributed by atoms with Gasteiger partial charge in [-0.1, -0.05) is 12.8 Å². The van der Waals surface area contributed by atoms with E-state index in [9.17, 15) is 9.59 Å². The first-order chi connectivity index (χ1) is 7.15. The Morgan fingerprint density at radius 1 is 1.40 bits per heavy atom. The molecular formula is C10H18N2O3. The number of rotatable bonds is 3. The lowest BCUT2D eigenvalue weighted by atomic mass is 10.1. The molecule has 1 fully saturated rings. The number of nitrogens with one attached hydrogen (secondary N) is 1. The van der Waals surface area contributed by atoms with Gasteiger partial charge in [-0.25, -0.2) is 0 Å². The van der Waals surface area contributed by atoms with Gasteiger partial charge in [-0.15, -0.1) is 0 Å². The molecule has 1 heterocycles. The van der Waals surface area contributed by atoms with Crippen molar-refractivity contribution in [3.8, 4) is 0 Å². The number of likely N-dealkylation sites (N-methyl/N-ethyl adjacent to an activating group) is 1.